The van der Waals surface area contributed by atoms with E-state index in [0.717, 1.165) is 31.6 Å². The zero-order valence-electron chi connectivity index (χ0n) is 9.89. The van der Waals surface area contributed by atoms with Gasteiger partial charge in [-0.15, -0.1) is 0 Å². The summed E-state index contributed by atoms with van der Waals surface area (Å²) in [6, 6.07) is 7.81. The van der Waals surface area contributed by atoms with Crippen molar-refractivity contribution in [2.24, 2.45) is 0 Å². The van der Waals surface area contributed by atoms with E-state index < -0.39 is 0 Å². The molecular weight excluding hydrogens is 216 g/mol. The third kappa shape index (κ3) is 2.34. The predicted octanol–water partition coefficient (Wildman–Crippen LogP) is 1.53. The normalized spacial score (nSPS) is 16.6. The van der Waals surface area contributed by atoms with E-state index in [1.807, 2.05) is 12.1 Å². The standard InChI is InChI=1S/C13H16N2O2/c1-17-13-4-2-3-12(11(13)9-14)15-7-5-10(16)6-8-15/h2-4,10,16H,5-8H2,1H3. The van der Waals surface area contributed by atoms with Crippen molar-refractivity contribution in [3.05, 3.63) is 23.8 Å². The van der Waals surface area contributed by atoms with E-state index in [1.54, 1.807) is 13.2 Å². The second-order valence-corrected chi connectivity index (χ2v) is 4.18. The number of anilines is 1. The molecule has 0 saturated carbocycles. The molecule has 1 N–H and O–H groups in total. The van der Waals surface area contributed by atoms with E-state index in [-0.39, 0.29) is 6.10 Å². The lowest BCUT2D eigenvalue weighted by atomic mass is 10.1. The smallest absolute Gasteiger partial charge is 0.138 e. The number of piperidine rings is 1. The molecule has 0 aromatic heterocycles. The fraction of sp³-hybridized carbons (Fsp3) is 0.462. The van der Waals surface area contributed by atoms with Gasteiger partial charge in [-0.1, -0.05) is 6.07 Å². The molecule has 4 nitrogen and oxygen atoms in total. The lowest BCUT2D eigenvalue weighted by Crippen LogP contribution is -2.36. The van der Waals surface area contributed by atoms with Crippen LogP contribution >= 0.6 is 0 Å². The van der Waals surface area contributed by atoms with Gasteiger partial charge in [0.05, 0.1) is 18.9 Å². The van der Waals surface area contributed by atoms with E-state index in [9.17, 15) is 10.4 Å². The Balaban J connectivity index is 2.29. The summed E-state index contributed by atoms with van der Waals surface area (Å²) >= 11 is 0. The van der Waals surface area contributed by atoms with Crippen LogP contribution in [0.25, 0.3) is 0 Å². The van der Waals surface area contributed by atoms with Crippen molar-refractivity contribution in [1.82, 2.24) is 0 Å². The largest absolute Gasteiger partial charge is 0.495 e. The van der Waals surface area contributed by atoms with Crippen LogP contribution in [0.15, 0.2) is 18.2 Å². The highest BCUT2D eigenvalue weighted by molar-refractivity contribution is 5.65. The number of nitriles is 1. The van der Waals surface area contributed by atoms with Crippen LogP contribution in [-0.4, -0.2) is 31.4 Å². The number of methoxy groups -OCH3 is 1. The first kappa shape index (κ1) is 11.7. The van der Waals surface area contributed by atoms with Gasteiger partial charge in [0.25, 0.3) is 0 Å². The molecule has 17 heavy (non-hydrogen) atoms. The number of hydrogen-bond donors (Lipinski definition) is 1. The van der Waals surface area contributed by atoms with Crippen LogP contribution in [0.4, 0.5) is 5.69 Å². The summed E-state index contributed by atoms with van der Waals surface area (Å²) in [4.78, 5) is 2.13. The second kappa shape index (κ2) is 5.07. The van der Waals surface area contributed by atoms with Crippen molar-refractivity contribution in [2.45, 2.75) is 18.9 Å². The highest BCUT2D eigenvalue weighted by Crippen LogP contribution is 2.30. The van der Waals surface area contributed by atoms with Crippen LogP contribution in [0.2, 0.25) is 0 Å². The molecule has 0 unspecified atom stereocenters. The van der Waals surface area contributed by atoms with E-state index in [2.05, 4.69) is 11.0 Å². The van der Waals surface area contributed by atoms with Gasteiger partial charge in [-0.25, -0.2) is 0 Å². The van der Waals surface area contributed by atoms with Gasteiger partial charge in [0.2, 0.25) is 0 Å². The van der Waals surface area contributed by atoms with Crippen LogP contribution in [0, 0.1) is 11.3 Å². The third-order valence-corrected chi connectivity index (χ3v) is 3.14. The lowest BCUT2D eigenvalue weighted by Gasteiger charge is -2.32. The Kier molecular flexibility index (Phi) is 3.50. The van der Waals surface area contributed by atoms with Gasteiger partial charge < -0.3 is 14.7 Å². The fourth-order valence-electron chi connectivity index (χ4n) is 2.17. The van der Waals surface area contributed by atoms with Gasteiger partial charge in [-0.2, -0.15) is 5.26 Å². The van der Waals surface area contributed by atoms with Crippen molar-refractivity contribution >= 4 is 5.69 Å². The lowest BCUT2D eigenvalue weighted by molar-refractivity contribution is 0.145. The number of aliphatic hydroxyl groups is 1. The quantitative estimate of drug-likeness (QED) is 0.840. The molecule has 0 amide bonds. The SMILES string of the molecule is COc1cccc(N2CCC(O)CC2)c1C#N. The van der Waals surface area contributed by atoms with Crippen molar-refractivity contribution in [3.63, 3.8) is 0 Å². The molecule has 0 aliphatic carbocycles. The number of ether oxygens (including phenoxy) is 1. The van der Waals surface area contributed by atoms with Crippen molar-refractivity contribution in [2.75, 3.05) is 25.1 Å². The molecule has 4 heteroatoms. The molecule has 1 aromatic carbocycles. The van der Waals surface area contributed by atoms with Crippen molar-refractivity contribution < 1.29 is 9.84 Å². The van der Waals surface area contributed by atoms with Crippen molar-refractivity contribution in [1.29, 1.82) is 5.26 Å². The van der Waals surface area contributed by atoms with E-state index in [1.165, 1.54) is 0 Å². The van der Waals surface area contributed by atoms with Crippen LogP contribution in [0.1, 0.15) is 18.4 Å². The Labute approximate surface area is 101 Å². The molecule has 1 saturated heterocycles. The highest BCUT2D eigenvalue weighted by atomic mass is 16.5. The third-order valence-electron chi connectivity index (χ3n) is 3.14. The summed E-state index contributed by atoms with van der Waals surface area (Å²) in [6.07, 6.45) is 1.30. The average molecular weight is 232 g/mol. The first-order chi connectivity index (χ1) is 8.26. The van der Waals surface area contributed by atoms with Crippen LogP contribution < -0.4 is 9.64 Å². The molecular formula is C13H16N2O2. The number of rotatable bonds is 2. The van der Waals surface area contributed by atoms with Crippen LogP contribution in [0.5, 0.6) is 5.75 Å². The Bertz CT molecular complexity index is 432. The van der Waals surface area contributed by atoms with Gasteiger partial charge in [-0.05, 0) is 25.0 Å². The molecule has 0 bridgehead atoms. The van der Waals surface area contributed by atoms with Gasteiger partial charge in [0.1, 0.15) is 17.4 Å². The molecule has 2 rings (SSSR count). The summed E-state index contributed by atoms with van der Waals surface area (Å²) < 4.78 is 5.19. The van der Waals surface area contributed by atoms with Gasteiger partial charge >= 0.3 is 0 Å². The molecule has 0 radical (unpaired) electrons. The molecule has 0 atom stereocenters. The maximum atomic E-state index is 9.48. The monoisotopic (exact) mass is 232 g/mol. The zero-order chi connectivity index (χ0) is 12.3. The minimum atomic E-state index is -0.206. The number of hydrogen-bond acceptors (Lipinski definition) is 4. The van der Waals surface area contributed by atoms with Crippen LogP contribution in [-0.2, 0) is 0 Å². The molecule has 1 heterocycles. The first-order valence-electron chi connectivity index (χ1n) is 5.76. The Hall–Kier alpha value is -1.73. The topological polar surface area (TPSA) is 56.5 Å². The molecule has 1 aromatic rings. The van der Waals surface area contributed by atoms with Gasteiger partial charge in [0.15, 0.2) is 0 Å². The summed E-state index contributed by atoms with van der Waals surface area (Å²) in [5, 5.41) is 18.7. The Morgan fingerprint density at radius 1 is 1.41 bits per heavy atom. The summed E-state index contributed by atoms with van der Waals surface area (Å²) in [5.41, 5.74) is 1.48. The minimum Gasteiger partial charge on any atom is -0.495 e. The van der Waals surface area contributed by atoms with Crippen molar-refractivity contribution in [3.8, 4) is 11.8 Å². The number of benzene rings is 1. The molecule has 1 aliphatic heterocycles. The maximum Gasteiger partial charge on any atom is 0.138 e. The van der Waals surface area contributed by atoms with Crippen LogP contribution in [0.3, 0.4) is 0 Å². The summed E-state index contributed by atoms with van der Waals surface area (Å²) in [5.74, 6) is 0.608. The molecule has 1 aliphatic rings. The first-order valence-corrected chi connectivity index (χ1v) is 5.76. The van der Waals surface area contributed by atoms with E-state index in [4.69, 9.17) is 4.74 Å². The summed E-state index contributed by atoms with van der Waals surface area (Å²) in [6.45, 7) is 1.56. The average Bonchev–Trinajstić information content (AvgIpc) is 2.38. The second-order valence-electron chi connectivity index (χ2n) is 4.18. The minimum absolute atomic E-state index is 0.206. The van der Waals surface area contributed by atoms with E-state index >= 15 is 0 Å². The number of aliphatic hydroxyl groups excluding tert-OH is 1. The zero-order valence-corrected chi connectivity index (χ0v) is 9.89. The Morgan fingerprint density at radius 2 is 2.12 bits per heavy atom. The Morgan fingerprint density at radius 3 is 2.71 bits per heavy atom. The summed E-state index contributed by atoms with van der Waals surface area (Å²) in [7, 11) is 1.57. The van der Waals surface area contributed by atoms with Gasteiger partial charge in [0, 0.05) is 13.1 Å². The highest BCUT2D eigenvalue weighted by Gasteiger charge is 2.20. The van der Waals surface area contributed by atoms with E-state index in [0.29, 0.717) is 11.3 Å². The fourth-order valence-corrected chi connectivity index (χ4v) is 2.17. The molecule has 0 spiro atoms. The van der Waals surface area contributed by atoms with Gasteiger partial charge in [-0.3, -0.25) is 0 Å². The maximum absolute atomic E-state index is 9.48. The number of nitrogens with zero attached hydrogens (tertiary/aromatic N) is 2. The predicted molar refractivity (Wildman–Crippen MR) is 65.2 cm³/mol. The molecule has 1 fully saturated rings. The molecule has 90 valence electrons.